The molecule has 0 spiro atoms. The Kier molecular flexibility index (Phi) is 5.06. The SMILES string of the molecule is Cc1ccc(SCC(CN)c2ccccc2)cc1C. The minimum atomic E-state index is 0.424. The van der Waals surface area contributed by atoms with Crippen LogP contribution in [0.3, 0.4) is 0 Å². The van der Waals surface area contributed by atoms with Crippen LogP contribution in [0.5, 0.6) is 0 Å². The fourth-order valence-electron chi connectivity index (χ4n) is 2.03. The van der Waals surface area contributed by atoms with Crippen LogP contribution in [0.15, 0.2) is 53.4 Å². The molecule has 0 saturated carbocycles. The first-order chi connectivity index (χ1) is 9.20. The number of aryl methyl sites for hydroxylation is 2. The molecule has 0 amide bonds. The molecule has 0 bridgehead atoms. The molecular weight excluding hydrogens is 250 g/mol. The molecule has 2 heteroatoms. The highest BCUT2D eigenvalue weighted by molar-refractivity contribution is 7.99. The predicted molar refractivity (Wildman–Crippen MR) is 84.9 cm³/mol. The number of rotatable bonds is 5. The van der Waals surface area contributed by atoms with Crippen LogP contribution < -0.4 is 5.73 Å². The zero-order valence-corrected chi connectivity index (χ0v) is 12.4. The van der Waals surface area contributed by atoms with Gasteiger partial charge in [-0.3, -0.25) is 0 Å². The van der Waals surface area contributed by atoms with E-state index in [4.69, 9.17) is 5.73 Å². The van der Waals surface area contributed by atoms with E-state index in [2.05, 4.69) is 56.3 Å². The Morgan fingerprint density at radius 2 is 1.74 bits per heavy atom. The highest BCUT2D eigenvalue weighted by atomic mass is 32.2. The fourth-order valence-corrected chi connectivity index (χ4v) is 3.17. The molecule has 2 aromatic rings. The summed E-state index contributed by atoms with van der Waals surface area (Å²) in [5.74, 6) is 1.45. The highest BCUT2D eigenvalue weighted by Gasteiger charge is 2.10. The Morgan fingerprint density at radius 1 is 1.00 bits per heavy atom. The van der Waals surface area contributed by atoms with E-state index in [-0.39, 0.29) is 0 Å². The monoisotopic (exact) mass is 271 g/mol. The van der Waals surface area contributed by atoms with E-state index >= 15 is 0 Å². The smallest absolute Gasteiger partial charge is 0.00750 e. The van der Waals surface area contributed by atoms with Gasteiger partial charge in [0.05, 0.1) is 0 Å². The average molecular weight is 271 g/mol. The van der Waals surface area contributed by atoms with Crippen molar-refractivity contribution in [1.82, 2.24) is 0 Å². The number of hydrogen-bond donors (Lipinski definition) is 1. The van der Waals surface area contributed by atoms with E-state index in [1.807, 2.05) is 17.8 Å². The van der Waals surface area contributed by atoms with Gasteiger partial charge in [-0.15, -0.1) is 11.8 Å². The summed E-state index contributed by atoms with van der Waals surface area (Å²) >= 11 is 1.89. The Labute approximate surface area is 120 Å². The second-order valence-corrected chi connectivity index (χ2v) is 5.99. The molecule has 19 heavy (non-hydrogen) atoms. The topological polar surface area (TPSA) is 26.0 Å². The Morgan fingerprint density at radius 3 is 2.37 bits per heavy atom. The number of thioether (sulfide) groups is 1. The van der Waals surface area contributed by atoms with Gasteiger partial charge < -0.3 is 5.73 Å². The van der Waals surface area contributed by atoms with E-state index in [1.54, 1.807) is 0 Å². The van der Waals surface area contributed by atoms with Gasteiger partial charge in [-0.05, 0) is 49.2 Å². The number of hydrogen-bond acceptors (Lipinski definition) is 2. The third-order valence-corrected chi connectivity index (χ3v) is 4.64. The zero-order valence-electron chi connectivity index (χ0n) is 11.6. The van der Waals surface area contributed by atoms with Gasteiger partial charge in [-0.2, -0.15) is 0 Å². The Balaban J connectivity index is 2.02. The van der Waals surface area contributed by atoms with Crippen molar-refractivity contribution in [2.24, 2.45) is 5.73 Å². The normalized spacial score (nSPS) is 12.4. The maximum Gasteiger partial charge on any atom is 0.00750 e. The molecule has 2 N–H and O–H groups in total. The van der Waals surface area contributed by atoms with Crippen molar-refractivity contribution in [2.75, 3.05) is 12.3 Å². The Bertz CT molecular complexity index is 522. The third kappa shape index (κ3) is 3.85. The standard InChI is InChI=1S/C17H21NS/c1-13-8-9-17(10-14(13)2)19-12-16(11-18)15-6-4-3-5-7-15/h3-10,16H,11-12,18H2,1-2H3. The van der Waals surface area contributed by atoms with E-state index < -0.39 is 0 Å². The second kappa shape index (κ2) is 6.78. The molecule has 1 unspecified atom stereocenters. The van der Waals surface area contributed by atoms with Gasteiger partial charge in [0.25, 0.3) is 0 Å². The summed E-state index contributed by atoms with van der Waals surface area (Å²) in [6.45, 7) is 5.01. The molecule has 0 fully saturated rings. The van der Waals surface area contributed by atoms with Crippen molar-refractivity contribution >= 4 is 11.8 Å². The van der Waals surface area contributed by atoms with Gasteiger partial charge in [0.1, 0.15) is 0 Å². The van der Waals surface area contributed by atoms with E-state index in [1.165, 1.54) is 21.6 Å². The molecule has 0 aliphatic carbocycles. The quantitative estimate of drug-likeness (QED) is 0.827. The van der Waals surface area contributed by atoms with Gasteiger partial charge >= 0.3 is 0 Å². The van der Waals surface area contributed by atoms with Crippen LogP contribution in [0, 0.1) is 13.8 Å². The molecule has 0 aromatic heterocycles. The van der Waals surface area contributed by atoms with Crippen LogP contribution in [0.1, 0.15) is 22.6 Å². The zero-order chi connectivity index (χ0) is 13.7. The van der Waals surface area contributed by atoms with Crippen LogP contribution in [0.2, 0.25) is 0 Å². The first kappa shape index (κ1) is 14.2. The van der Waals surface area contributed by atoms with Gasteiger partial charge in [0, 0.05) is 16.6 Å². The second-order valence-electron chi connectivity index (χ2n) is 4.90. The minimum Gasteiger partial charge on any atom is -0.330 e. The molecule has 0 heterocycles. The minimum absolute atomic E-state index is 0.424. The molecule has 2 aromatic carbocycles. The van der Waals surface area contributed by atoms with E-state index in [9.17, 15) is 0 Å². The molecule has 2 rings (SSSR count). The van der Waals surface area contributed by atoms with Crippen LogP contribution in [0.4, 0.5) is 0 Å². The van der Waals surface area contributed by atoms with Gasteiger partial charge in [-0.1, -0.05) is 36.4 Å². The molecule has 1 nitrogen and oxygen atoms in total. The summed E-state index contributed by atoms with van der Waals surface area (Å²) in [6, 6.07) is 17.2. The van der Waals surface area contributed by atoms with Gasteiger partial charge in [-0.25, -0.2) is 0 Å². The Hall–Kier alpha value is -1.25. The maximum absolute atomic E-state index is 5.91. The molecular formula is C17H21NS. The summed E-state index contributed by atoms with van der Waals surface area (Å²) in [4.78, 5) is 1.33. The average Bonchev–Trinajstić information content (AvgIpc) is 2.44. The molecule has 0 radical (unpaired) electrons. The summed E-state index contributed by atoms with van der Waals surface area (Å²) in [5.41, 5.74) is 9.95. The van der Waals surface area contributed by atoms with E-state index in [0.717, 1.165) is 5.75 Å². The van der Waals surface area contributed by atoms with Crippen molar-refractivity contribution in [3.63, 3.8) is 0 Å². The molecule has 0 saturated heterocycles. The number of nitrogens with two attached hydrogens (primary N) is 1. The molecule has 100 valence electrons. The first-order valence-electron chi connectivity index (χ1n) is 6.65. The largest absolute Gasteiger partial charge is 0.330 e. The first-order valence-corrected chi connectivity index (χ1v) is 7.64. The lowest BCUT2D eigenvalue weighted by molar-refractivity contribution is 0.785. The van der Waals surface area contributed by atoms with Gasteiger partial charge in [0.15, 0.2) is 0 Å². The summed E-state index contributed by atoms with van der Waals surface area (Å²) in [5, 5.41) is 0. The summed E-state index contributed by atoms with van der Waals surface area (Å²) in [7, 11) is 0. The summed E-state index contributed by atoms with van der Waals surface area (Å²) < 4.78 is 0. The van der Waals surface area contributed by atoms with Crippen molar-refractivity contribution < 1.29 is 0 Å². The predicted octanol–water partition coefficient (Wildman–Crippen LogP) is 4.14. The summed E-state index contributed by atoms with van der Waals surface area (Å²) in [6.07, 6.45) is 0. The lowest BCUT2D eigenvalue weighted by Crippen LogP contribution is -2.14. The van der Waals surface area contributed by atoms with Crippen LogP contribution in [-0.2, 0) is 0 Å². The molecule has 0 aliphatic heterocycles. The lowest BCUT2D eigenvalue weighted by Gasteiger charge is -2.15. The van der Waals surface area contributed by atoms with Crippen molar-refractivity contribution in [2.45, 2.75) is 24.7 Å². The van der Waals surface area contributed by atoms with E-state index in [0.29, 0.717) is 12.5 Å². The highest BCUT2D eigenvalue weighted by Crippen LogP contribution is 2.27. The maximum atomic E-state index is 5.91. The van der Waals surface area contributed by atoms with Crippen LogP contribution in [0.25, 0.3) is 0 Å². The molecule has 1 atom stereocenters. The van der Waals surface area contributed by atoms with Crippen molar-refractivity contribution in [3.8, 4) is 0 Å². The third-order valence-electron chi connectivity index (χ3n) is 3.49. The lowest BCUT2D eigenvalue weighted by atomic mass is 10.0. The van der Waals surface area contributed by atoms with Crippen molar-refractivity contribution in [3.05, 3.63) is 65.2 Å². The molecule has 0 aliphatic rings. The van der Waals surface area contributed by atoms with Crippen molar-refractivity contribution in [1.29, 1.82) is 0 Å². The van der Waals surface area contributed by atoms with Crippen LogP contribution >= 0.6 is 11.8 Å². The van der Waals surface area contributed by atoms with Crippen LogP contribution in [-0.4, -0.2) is 12.3 Å². The van der Waals surface area contributed by atoms with Gasteiger partial charge in [0.2, 0.25) is 0 Å². The number of benzene rings is 2. The fraction of sp³-hybridized carbons (Fsp3) is 0.294.